The number of oxime groups is 1. The molecule has 0 aliphatic rings. The van der Waals surface area contributed by atoms with E-state index in [-0.39, 0.29) is 5.91 Å². The molecule has 2 aromatic heterocycles. The van der Waals surface area contributed by atoms with E-state index in [4.69, 9.17) is 5.21 Å². The fourth-order valence-corrected chi connectivity index (χ4v) is 2.84. The van der Waals surface area contributed by atoms with Gasteiger partial charge in [-0.2, -0.15) is 0 Å². The Kier molecular flexibility index (Phi) is 4.74. The van der Waals surface area contributed by atoms with Crippen molar-refractivity contribution in [3.63, 3.8) is 0 Å². The highest BCUT2D eigenvalue weighted by molar-refractivity contribution is 7.14. The topological polar surface area (TPSA) is 100 Å². The molecule has 0 aromatic carbocycles. The minimum absolute atomic E-state index is 0.261. The van der Waals surface area contributed by atoms with Gasteiger partial charge in [0.05, 0.1) is 5.69 Å². The van der Waals surface area contributed by atoms with Crippen molar-refractivity contribution in [3.05, 3.63) is 21.6 Å². The number of aryl methyl sites for hydroxylation is 1. The van der Waals surface area contributed by atoms with Crippen LogP contribution in [0.5, 0.6) is 0 Å². The smallest absolute Gasteiger partial charge is 0.271 e. The molecule has 2 aromatic rings. The number of nitrogens with zero attached hydrogens (tertiary/aromatic N) is 4. The molecule has 0 saturated carbocycles. The van der Waals surface area contributed by atoms with Crippen LogP contribution in [-0.2, 0) is 6.42 Å². The first-order valence-electron chi connectivity index (χ1n) is 5.92. The first-order chi connectivity index (χ1) is 9.65. The van der Waals surface area contributed by atoms with Gasteiger partial charge in [0.15, 0.2) is 5.13 Å². The van der Waals surface area contributed by atoms with E-state index in [1.54, 1.807) is 12.3 Å². The number of hydrogen-bond donors (Lipinski definition) is 2. The van der Waals surface area contributed by atoms with Gasteiger partial charge in [0, 0.05) is 5.38 Å². The summed E-state index contributed by atoms with van der Waals surface area (Å²) in [6, 6.07) is 0. The third-order valence-corrected chi connectivity index (χ3v) is 4.02. The first kappa shape index (κ1) is 14.5. The lowest BCUT2D eigenvalue weighted by atomic mass is 10.2. The predicted octanol–water partition coefficient (Wildman–Crippen LogP) is 2.40. The zero-order valence-corrected chi connectivity index (χ0v) is 12.6. The van der Waals surface area contributed by atoms with Crippen LogP contribution in [0.2, 0.25) is 0 Å². The molecule has 0 unspecified atom stereocenters. The molecule has 0 spiro atoms. The molecule has 9 heteroatoms. The Labute approximate surface area is 123 Å². The zero-order valence-electron chi connectivity index (χ0n) is 11.0. The van der Waals surface area contributed by atoms with E-state index < -0.39 is 0 Å². The Morgan fingerprint density at radius 2 is 2.35 bits per heavy atom. The molecule has 2 N–H and O–H groups in total. The van der Waals surface area contributed by atoms with Crippen LogP contribution in [0.1, 0.15) is 41.3 Å². The number of anilines is 1. The van der Waals surface area contributed by atoms with E-state index >= 15 is 0 Å². The van der Waals surface area contributed by atoms with Crippen LogP contribution in [0.4, 0.5) is 5.13 Å². The van der Waals surface area contributed by atoms with Crippen molar-refractivity contribution in [2.45, 2.75) is 26.7 Å². The molecule has 2 rings (SSSR count). The highest BCUT2D eigenvalue weighted by Crippen LogP contribution is 2.19. The molecule has 0 aliphatic heterocycles. The van der Waals surface area contributed by atoms with Crippen molar-refractivity contribution < 1.29 is 10.0 Å². The van der Waals surface area contributed by atoms with E-state index in [1.165, 1.54) is 11.3 Å². The summed E-state index contributed by atoms with van der Waals surface area (Å²) in [7, 11) is 0. The summed E-state index contributed by atoms with van der Waals surface area (Å²) in [5.41, 5.74) is 1.64. The van der Waals surface area contributed by atoms with Gasteiger partial charge in [0.2, 0.25) is 0 Å². The quantitative estimate of drug-likeness (QED) is 0.501. The molecule has 20 heavy (non-hydrogen) atoms. The maximum atomic E-state index is 12.1. The van der Waals surface area contributed by atoms with Crippen LogP contribution in [-0.4, -0.2) is 31.4 Å². The molecule has 0 bridgehead atoms. The second kappa shape index (κ2) is 6.53. The van der Waals surface area contributed by atoms with Gasteiger partial charge in [0.1, 0.15) is 16.3 Å². The lowest BCUT2D eigenvalue weighted by molar-refractivity contribution is 0.102. The average Bonchev–Trinajstić information content (AvgIpc) is 3.07. The predicted molar refractivity (Wildman–Crippen MR) is 78.0 cm³/mol. The fraction of sp³-hybridized carbons (Fsp3) is 0.364. The molecule has 0 fully saturated rings. The maximum absolute atomic E-state index is 12.1. The summed E-state index contributed by atoms with van der Waals surface area (Å²) in [5, 5.41) is 20.6. The molecule has 0 saturated heterocycles. The lowest BCUT2D eigenvalue weighted by Gasteiger charge is -2.00. The van der Waals surface area contributed by atoms with Gasteiger partial charge in [-0.3, -0.25) is 10.1 Å². The monoisotopic (exact) mass is 311 g/mol. The summed E-state index contributed by atoms with van der Waals surface area (Å²) in [4.78, 5) is 16.8. The van der Waals surface area contributed by atoms with Crippen molar-refractivity contribution >= 4 is 39.6 Å². The largest absolute Gasteiger partial charge is 0.411 e. The number of nitrogens with one attached hydrogen (secondary N) is 1. The van der Waals surface area contributed by atoms with Crippen molar-refractivity contribution in [2.75, 3.05) is 5.32 Å². The van der Waals surface area contributed by atoms with Gasteiger partial charge in [-0.05, 0) is 24.9 Å². The van der Waals surface area contributed by atoms with Gasteiger partial charge in [0.25, 0.3) is 5.91 Å². The van der Waals surface area contributed by atoms with E-state index in [1.807, 2.05) is 6.92 Å². The number of amides is 1. The molecule has 0 aliphatic carbocycles. The summed E-state index contributed by atoms with van der Waals surface area (Å²) < 4.78 is 3.81. The van der Waals surface area contributed by atoms with Gasteiger partial charge in [-0.25, -0.2) is 4.98 Å². The maximum Gasteiger partial charge on any atom is 0.271 e. The molecule has 0 atom stereocenters. The van der Waals surface area contributed by atoms with E-state index in [2.05, 4.69) is 25.0 Å². The van der Waals surface area contributed by atoms with Gasteiger partial charge in [-0.15, -0.1) is 16.4 Å². The summed E-state index contributed by atoms with van der Waals surface area (Å²) in [5.74, 6) is -0.261. The highest BCUT2D eigenvalue weighted by atomic mass is 32.1. The number of rotatable bonds is 5. The minimum atomic E-state index is -0.261. The Balaban J connectivity index is 2.11. The van der Waals surface area contributed by atoms with E-state index in [0.717, 1.165) is 24.4 Å². The SMILES string of the molecule is CCCc1nnsc1C(=O)Nc1nc(C(C)=NO)cs1. The Morgan fingerprint density at radius 3 is 3.05 bits per heavy atom. The van der Waals surface area contributed by atoms with Crippen LogP contribution >= 0.6 is 22.9 Å². The minimum Gasteiger partial charge on any atom is -0.411 e. The summed E-state index contributed by atoms with van der Waals surface area (Å²) >= 11 is 2.34. The van der Waals surface area contributed by atoms with Crippen molar-refractivity contribution in [2.24, 2.45) is 5.16 Å². The first-order valence-corrected chi connectivity index (χ1v) is 7.58. The third kappa shape index (κ3) is 3.17. The van der Waals surface area contributed by atoms with Gasteiger partial charge >= 0.3 is 0 Å². The van der Waals surface area contributed by atoms with E-state index in [9.17, 15) is 4.79 Å². The molecule has 7 nitrogen and oxygen atoms in total. The average molecular weight is 311 g/mol. The second-order valence-electron chi connectivity index (χ2n) is 3.98. The number of aromatic nitrogens is 3. The van der Waals surface area contributed by atoms with Crippen molar-refractivity contribution in [1.29, 1.82) is 0 Å². The lowest BCUT2D eigenvalue weighted by Crippen LogP contribution is -2.12. The van der Waals surface area contributed by atoms with Crippen LogP contribution in [0.3, 0.4) is 0 Å². The third-order valence-electron chi connectivity index (χ3n) is 2.49. The summed E-state index contributed by atoms with van der Waals surface area (Å²) in [6.07, 6.45) is 1.62. The van der Waals surface area contributed by atoms with Crippen LogP contribution in [0.15, 0.2) is 10.5 Å². The van der Waals surface area contributed by atoms with Gasteiger partial charge < -0.3 is 5.21 Å². The van der Waals surface area contributed by atoms with Gasteiger partial charge in [-0.1, -0.05) is 23.0 Å². The van der Waals surface area contributed by atoms with Crippen LogP contribution in [0, 0.1) is 0 Å². The normalized spacial score (nSPS) is 11.6. The van der Waals surface area contributed by atoms with Crippen molar-refractivity contribution in [3.8, 4) is 0 Å². The fourth-order valence-electron chi connectivity index (χ4n) is 1.48. The molecule has 106 valence electrons. The molecule has 2 heterocycles. The number of carbonyl (C=O) groups is 1. The second-order valence-corrected chi connectivity index (χ2v) is 5.59. The number of carbonyl (C=O) groups excluding carboxylic acids is 1. The van der Waals surface area contributed by atoms with Crippen LogP contribution in [0.25, 0.3) is 0 Å². The number of thiazole rings is 1. The zero-order chi connectivity index (χ0) is 14.5. The Bertz CT molecular complexity index is 634. The standard InChI is InChI=1S/C11H13N5O2S2/c1-3-4-7-9(20-16-14-7)10(17)13-11-12-8(5-19-11)6(2)15-18/h5,18H,3-4H2,1-2H3,(H,12,13,17). The highest BCUT2D eigenvalue weighted by Gasteiger charge is 2.17. The Hall–Kier alpha value is -1.87. The molecule has 0 radical (unpaired) electrons. The summed E-state index contributed by atoms with van der Waals surface area (Å²) in [6.45, 7) is 3.65. The molecular formula is C11H13N5O2S2. The number of hydrogen-bond acceptors (Lipinski definition) is 8. The Morgan fingerprint density at radius 1 is 1.55 bits per heavy atom. The molecule has 1 amide bonds. The van der Waals surface area contributed by atoms with E-state index in [0.29, 0.717) is 27.1 Å². The van der Waals surface area contributed by atoms with Crippen molar-refractivity contribution in [1.82, 2.24) is 14.6 Å². The van der Waals surface area contributed by atoms with Crippen LogP contribution < -0.4 is 5.32 Å². The molecular weight excluding hydrogens is 298 g/mol.